The standard InChI is InChI=1S/C17H26F3N5.HI/c1-21-15(25-9-7-16(12-25)5-3-2-4-6-16)23-11-14-22-8-10-24(14)13-17(18,19)20;/h8,10H,2-7,9,11-13H2,1H3,(H,21,23);1H. The van der Waals surface area contributed by atoms with E-state index < -0.39 is 12.7 Å². The number of halogens is 4. The fourth-order valence-electron chi connectivity index (χ4n) is 4.16. The number of alkyl halides is 3. The summed E-state index contributed by atoms with van der Waals surface area (Å²) in [5, 5.41) is 3.19. The van der Waals surface area contributed by atoms with Gasteiger partial charge < -0.3 is 14.8 Å². The number of imidazole rings is 1. The van der Waals surface area contributed by atoms with Gasteiger partial charge in [0.1, 0.15) is 12.4 Å². The van der Waals surface area contributed by atoms with E-state index in [0.717, 1.165) is 23.6 Å². The Balaban J connectivity index is 0.00000243. The summed E-state index contributed by atoms with van der Waals surface area (Å²) < 4.78 is 39.0. The Hall–Kier alpha value is -1.00. The normalized spacial score (nSPS) is 20.3. The summed E-state index contributed by atoms with van der Waals surface area (Å²) in [5.74, 6) is 1.12. The highest BCUT2D eigenvalue weighted by Gasteiger charge is 2.39. The average Bonchev–Trinajstić information content (AvgIpc) is 3.15. The monoisotopic (exact) mass is 485 g/mol. The van der Waals surface area contributed by atoms with Crippen LogP contribution in [0.5, 0.6) is 0 Å². The SMILES string of the molecule is CN=C(NCc1nccn1CC(F)(F)F)N1CCC2(CCCCC2)C1.I. The van der Waals surface area contributed by atoms with Crippen LogP contribution in [0.4, 0.5) is 13.2 Å². The number of nitrogens with zero attached hydrogens (tertiary/aromatic N) is 4. The molecule has 1 aliphatic carbocycles. The first-order chi connectivity index (χ1) is 11.9. The number of likely N-dealkylation sites (tertiary alicyclic amines) is 1. The second-order valence-corrected chi connectivity index (χ2v) is 7.22. The molecule has 1 spiro atoms. The molecule has 1 aromatic heterocycles. The van der Waals surface area contributed by atoms with Gasteiger partial charge in [0.15, 0.2) is 5.96 Å². The lowest BCUT2D eigenvalue weighted by molar-refractivity contribution is -0.141. The zero-order valence-corrected chi connectivity index (χ0v) is 17.4. The molecule has 1 aliphatic heterocycles. The van der Waals surface area contributed by atoms with Gasteiger partial charge in [0.2, 0.25) is 0 Å². The summed E-state index contributed by atoms with van der Waals surface area (Å²) in [6.07, 6.45) is 6.17. The zero-order chi connectivity index (χ0) is 17.9. The number of hydrogen-bond acceptors (Lipinski definition) is 2. The summed E-state index contributed by atoms with van der Waals surface area (Å²) >= 11 is 0. The molecule has 3 rings (SSSR count). The Kier molecular flexibility index (Phi) is 7.20. The van der Waals surface area contributed by atoms with Crippen LogP contribution in [0.1, 0.15) is 44.3 Å². The number of nitrogens with one attached hydrogen (secondary N) is 1. The maximum Gasteiger partial charge on any atom is 0.406 e. The molecular formula is C17H27F3IN5. The van der Waals surface area contributed by atoms with Crippen LogP contribution in [0.25, 0.3) is 0 Å². The number of aliphatic imine (C=N–C) groups is 1. The molecule has 2 fully saturated rings. The van der Waals surface area contributed by atoms with E-state index in [2.05, 4.69) is 20.2 Å². The third kappa shape index (κ3) is 5.26. The highest BCUT2D eigenvalue weighted by atomic mass is 127. The summed E-state index contributed by atoms with van der Waals surface area (Å²) in [6.45, 7) is 1.16. The van der Waals surface area contributed by atoms with E-state index in [1.807, 2.05) is 0 Å². The lowest BCUT2D eigenvalue weighted by atomic mass is 9.73. The molecule has 0 amide bonds. The van der Waals surface area contributed by atoms with Gasteiger partial charge in [-0.05, 0) is 24.7 Å². The van der Waals surface area contributed by atoms with Crippen LogP contribution in [-0.2, 0) is 13.1 Å². The third-order valence-electron chi connectivity index (χ3n) is 5.42. The van der Waals surface area contributed by atoms with Crippen molar-refractivity contribution in [2.75, 3.05) is 20.1 Å². The highest BCUT2D eigenvalue weighted by molar-refractivity contribution is 14.0. The fraction of sp³-hybridized carbons (Fsp3) is 0.765. The molecule has 5 nitrogen and oxygen atoms in total. The van der Waals surface area contributed by atoms with Crippen molar-refractivity contribution >= 4 is 29.9 Å². The molecule has 0 radical (unpaired) electrons. The first-order valence-corrected chi connectivity index (χ1v) is 8.93. The first-order valence-electron chi connectivity index (χ1n) is 8.93. The Morgan fingerprint density at radius 2 is 2.00 bits per heavy atom. The topological polar surface area (TPSA) is 45.5 Å². The summed E-state index contributed by atoms with van der Waals surface area (Å²) in [5.41, 5.74) is 0.407. The third-order valence-corrected chi connectivity index (χ3v) is 5.42. The van der Waals surface area contributed by atoms with Gasteiger partial charge in [-0.1, -0.05) is 19.3 Å². The molecule has 1 saturated carbocycles. The van der Waals surface area contributed by atoms with Crippen molar-refractivity contribution in [2.45, 2.75) is 57.8 Å². The minimum absolute atomic E-state index is 0. The van der Waals surface area contributed by atoms with Gasteiger partial charge in [-0.2, -0.15) is 13.2 Å². The molecule has 26 heavy (non-hydrogen) atoms. The van der Waals surface area contributed by atoms with Crippen LogP contribution in [0.3, 0.4) is 0 Å². The van der Waals surface area contributed by atoms with Gasteiger partial charge in [0.25, 0.3) is 0 Å². The molecule has 9 heteroatoms. The van der Waals surface area contributed by atoms with E-state index in [9.17, 15) is 13.2 Å². The molecule has 1 aromatic rings. The predicted molar refractivity (Wildman–Crippen MR) is 106 cm³/mol. The van der Waals surface area contributed by atoms with Crippen molar-refractivity contribution in [2.24, 2.45) is 10.4 Å². The van der Waals surface area contributed by atoms with Crippen LogP contribution >= 0.6 is 24.0 Å². The van der Waals surface area contributed by atoms with E-state index in [1.165, 1.54) is 50.9 Å². The van der Waals surface area contributed by atoms with E-state index in [0.29, 0.717) is 11.2 Å². The smallest absolute Gasteiger partial charge is 0.349 e. The molecule has 0 unspecified atom stereocenters. The van der Waals surface area contributed by atoms with Gasteiger partial charge in [0.05, 0.1) is 6.54 Å². The first kappa shape index (κ1) is 21.3. The lowest BCUT2D eigenvalue weighted by Gasteiger charge is -2.33. The molecule has 148 valence electrons. The average molecular weight is 485 g/mol. The summed E-state index contributed by atoms with van der Waals surface area (Å²) in [7, 11) is 1.72. The van der Waals surface area contributed by atoms with Crippen LogP contribution in [0.15, 0.2) is 17.4 Å². The number of aromatic nitrogens is 2. The maximum atomic E-state index is 12.6. The largest absolute Gasteiger partial charge is 0.406 e. The number of rotatable bonds is 3. The van der Waals surface area contributed by atoms with Gasteiger partial charge in [-0.3, -0.25) is 4.99 Å². The van der Waals surface area contributed by atoms with Crippen molar-refractivity contribution in [1.82, 2.24) is 19.8 Å². The predicted octanol–water partition coefficient (Wildman–Crippen LogP) is 3.80. The minimum Gasteiger partial charge on any atom is -0.349 e. The van der Waals surface area contributed by atoms with Gasteiger partial charge in [0, 0.05) is 32.5 Å². The Labute approximate surface area is 169 Å². The van der Waals surface area contributed by atoms with E-state index in [4.69, 9.17) is 0 Å². The Bertz CT molecular complexity index is 608. The Morgan fingerprint density at radius 3 is 2.65 bits per heavy atom. The van der Waals surface area contributed by atoms with Crippen LogP contribution in [0.2, 0.25) is 0 Å². The molecule has 0 bridgehead atoms. The zero-order valence-electron chi connectivity index (χ0n) is 15.1. The quantitative estimate of drug-likeness (QED) is 0.403. The van der Waals surface area contributed by atoms with E-state index in [-0.39, 0.29) is 30.5 Å². The van der Waals surface area contributed by atoms with Gasteiger partial charge >= 0.3 is 6.18 Å². The highest BCUT2D eigenvalue weighted by Crippen LogP contribution is 2.43. The summed E-state index contributed by atoms with van der Waals surface area (Å²) in [4.78, 5) is 10.6. The number of hydrogen-bond donors (Lipinski definition) is 1. The molecule has 2 aliphatic rings. The maximum absolute atomic E-state index is 12.6. The molecule has 0 aromatic carbocycles. The van der Waals surface area contributed by atoms with Crippen molar-refractivity contribution in [3.05, 3.63) is 18.2 Å². The fourth-order valence-corrected chi connectivity index (χ4v) is 4.16. The van der Waals surface area contributed by atoms with Crippen LogP contribution in [-0.4, -0.2) is 46.7 Å². The van der Waals surface area contributed by atoms with Crippen molar-refractivity contribution in [1.29, 1.82) is 0 Å². The second kappa shape index (κ2) is 8.79. The van der Waals surface area contributed by atoms with Gasteiger partial charge in [-0.25, -0.2) is 4.98 Å². The molecule has 1 saturated heterocycles. The van der Waals surface area contributed by atoms with Crippen LogP contribution < -0.4 is 5.32 Å². The van der Waals surface area contributed by atoms with Crippen molar-refractivity contribution < 1.29 is 13.2 Å². The molecule has 1 N–H and O–H groups in total. The van der Waals surface area contributed by atoms with E-state index >= 15 is 0 Å². The lowest BCUT2D eigenvalue weighted by Crippen LogP contribution is -2.41. The van der Waals surface area contributed by atoms with Crippen molar-refractivity contribution in [3.63, 3.8) is 0 Å². The Morgan fingerprint density at radius 1 is 1.27 bits per heavy atom. The van der Waals surface area contributed by atoms with E-state index in [1.54, 1.807) is 7.05 Å². The molecule has 0 atom stereocenters. The number of guanidine groups is 1. The van der Waals surface area contributed by atoms with Crippen LogP contribution in [0, 0.1) is 5.41 Å². The summed E-state index contributed by atoms with van der Waals surface area (Å²) in [6, 6.07) is 0. The van der Waals surface area contributed by atoms with Gasteiger partial charge in [-0.15, -0.1) is 24.0 Å². The molecular weight excluding hydrogens is 458 g/mol. The molecule has 2 heterocycles. The second-order valence-electron chi connectivity index (χ2n) is 7.22. The minimum atomic E-state index is -4.25. The van der Waals surface area contributed by atoms with Crippen molar-refractivity contribution in [3.8, 4) is 0 Å².